The molecule has 3 aromatic heterocycles. The zero-order valence-electron chi connectivity index (χ0n) is 15.9. The number of aromatic amines is 1. The molecule has 0 bridgehead atoms. The summed E-state index contributed by atoms with van der Waals surface area (Å²) in [5.41, 5.74) is 3.03. The zero-order chi connectivity index (χ0) is 20.2. The van der Waals surface area contributed by atoms with Crippen molar-refractivity contribution in [1.29, 1.82) is 0 Å². The van der Waals surface area contributed by atoms with Gasteiger partial charge in [-0.05, 0) is 43.4 Å². The van der Waals surface area contributed by atoms with Crippen molar-refractivity contribution >= 4 is 29.0 Å². The summed E-state index contributed by atoms with van der Waals surface area (Å²) in [7, 11) is 0. The molecule has 7 nitrogen and oxygen atoms in total. The monoisotopic (exact) mass is 404 g/mol. The van der Waals surface area contributed by atoms with Crippen LogP contribution in [0.5, 0.6) is 0 Å². The van der Waals surface area contributed by atoms with Crippen molar-refractivity contribution in [2.45, 2.75) is 19.9 Å². The van der Waals surface area contributed by atoms with Crippen LogP contribution in [0, 0.1) is 4.77 Å². The lowest BCUT2D eigenvalue weighted by molar-refractivity contribution is 0.0955. The van der Waals surface area contributed by atoms with Crippen LogP contribution in [0.25, 0.3) is 22.2 Å². The molecular weight excluding hydrogens is 384 g/mol. The van der Waals surface area contributed by atoms with Gasteiger partial charge in [-0.1, -0.05) is 18.2 Å². The fraction of sp³-hybridized carbons (Fsp3) is 0.190. The number of fused-ring (bicyclic) bond motifs is 1. The average molecular weight is 404 g/mol. The van der Waals surface area contributed by atoms with Crippen molar-refractivity contribution < 1.29 is 4.79 Å². The van der Waals surface area contributed by atoms with Gasteiger partial charge < -0.3 is 9.88 Å². The molecule has 4 rings (SSSR count). The van der Waals surface area contributed by atoms with E-state index in [1.54, 1.807) is 12.4 Å². The average Bonchev–Trinajstić information content (AvgIpc) is 3.12. The highest BCUT2D eigenvalue weighted by Crippen LogP contribution is 2.24. The number of nitrogens with zero attached hydrogens (tertiary/aromatic N) is 4. The van der Waals surface area contributed by atoms with E-state index in [4.69, 9.17) is 17.2 Å². The van der Waals surface area contributed by atoms with Gasteiger partial charge >= 0.3 is 0 Å². The number of pyridine rings is 2. The highest BCUT2D eigenvalue weighted by atomic mass is 32.1. The smallest absolute Gasteiger partial charge is 0.252 e. The molecule has 4 aromatic rings. The Balaban J connectivity index is 1.60. The number of carbonyl (C=O) groups excluding carboxylic acids is 1. The Hall–Kier alpha value is -3.39. The maximum absolute atomic E-state index is 13.0. The highest BCUT2D eigenvalue weighted by Gasteiger charge is 2.14. The molecule has 0 spiro atoms. The lowest BCUT2D eigenvalue weighted by atomic mass is 10.0. The molecule has 1 amide bonds. The molecule has 29 heavy (non-hydrogen) atoms. The molecule has 0 saturated carbocycles. The predicted octanol–water partition coefficient (Wildman–Crippen LogP) is 3.54. The van der Waals surface area contributed by atoms with Crippen LogP contribution in [0.4, 0.5) is 0 Å². The van der Waals surface area contributed by atoms with Crippen LogP contribution in [-0.2, 0) is 13.0 Å². The molecule has 0 aliphatic carbocycles. The number of benzene rings is 1. The van der Waals surface area contributed by atoms with Gasteiger partial charge in [0.2, 0.25) is 0 Å². The number of hydrogen-bond acceptors (Lipinski definition) is 5. The third-order valence-electron chi connectivity index (χ3n) is 4.72. The van der Waals surface area contributed by atoms with E-state index >= 15 is 0 Å². The topological polar surface area (TPSA) is 88.5 Å². The van der Waals surface area contributed by atoms with Crippen molar-refractivity contribution in [2.24, 2.45) is 0 Å². The fourth-order valence-electron chi connectivity index (χ4n) is 3.28. The van der Waals surface area contributed by atoms with Crippen LogP contribution in [0.2, 0.25) is 0 Å². The van der Waals surface area contributed by atoms with E-state index in [9.17, 15) is 4.79 Å². The van der Waals surface area contributed by atoms with Gasteiger partial charge in [0.1, 0.15) is 5.82 Å². The van der Waals surface area contributed by atoms with E-state index in [2.05, 4.69) is 20.5 Å². The molecule has 0 fully saturated rings. The molecule has 0 radical (unpaired) electrons. The largest absolute Gasteiger partial charge is 0.352 e. The van der Waals surface area contributed by atoms with Crippen LogP contribution >= 0.6 is 12.2 Å². The van der Waals surface area contributed by atoms with Crippen LogP contribution in [0.3, 0.4) is 0 Å². The highest BCUT2D eigenvalue weighted by molar-refractivity contribution is 7.71. The van der Waals surface area contributed by atoms with Crippen LogP contribution in [-0.4, -0.2) is 37.2 Å². The molecule has 146 valence electrons. The van der Waals surface area contributed by atoms with Crippen molar-refractivity contribution in [3.8, 4) is 11.3 Å². The predicted molar refractivity (Wildman–Crippen MR) is 114 cm³/mol. The maximum atomic E-state index is 13.0. The van der Waals surface area contributed by atoms with Crippen molar-refractivity contribution in [3.05, 3.63) is 71.0 Å². The summed E-state index contributed by atoms with van der Waals surface area (Å²) in [6, 6.07) is 13.2. The normalized spacial score (nSPS) is 10.9. The molecule has 0 aliphatic rings. The summed E-state index contributed by atoms with van der Waals surface area (Å²) >= 11 is 5.21. The molecule has 0 saturated heterocycles. The maximum Gasteiger partial charge on any atom is 0.252 e. The fourth-order valence-corrected chi connectivity index (χ4v) is 3.56. The van der Waals surface area contributed by atoms with Crippen LogP contribution in [0.1, 0.15) is 23.1 Å². The number of nitrogens with one attached hydrogen (secondary N) is 2. The number of amides is 1. The molecule has 3 heterocycles. The molecule has 0 unspecified atom stereocenters. The van der Waals surface area contributed by atoms with Crippen molar-refractivity contribution in [3.63, 3.8) is 0 Å². The molecule has 8 heteroatoms. The summed E-state index contributed by atoms with van der Waals surface area (Å²) in [6.45, 7) is 3.21. The third kappa shape index (κ3) is 3.93. The van der Waals surface area contributed by atoms with Crippen molar-refractivity contribution in [2.75, 3.05) is 6.54 Å². The van der Waals surface area contributed by atoms with Crippen LogP contribution in [0.15, 0.2) is 54.9 Å². The third-order valence-corrected chi connectivity index (χ3v) is 5.04. The molecule has 1 aromatic carbocycles. The van der Waals surface area contributed by atoms with Gasteiger partial charge in [0.25, 0.3) is 5.91 Å². The summed E-state index contributed by atoms with van der Waals surface area (Å²) < 4.78 is 2.51. The molecule has 0 atom stereocenters. The molecule has 2 N–H and O–H groups in total. The zero-order valence-corrected chi connectivity index (χ0v) is 16.7. The minimum atomic E-state index is -0.143. The van der Waals surface area contributed by atoms with Crippen LogP contribution < -0.4 is 5.32 Å². The van der Waals surface area contributed by atoms with E-state index in [0.717, 1.165) is 34.5 Å². The second kappa shape index (κ2) is 8.32. The van der Waals surface area contributed by atoms with Gasteiger partial charge in [-0.2, -0.15) is 5.10 Å². The van der Waals surface area contributed by atoms with E-state index in [1.165, 1.54) is 0 Å². The minimum Gasteiger partial charge on any atom is -0.352 e. The number of aromatic nitrogens is 5. The number of H-pyrrole nitrogens is 1. The number of hydrogen-bond donors (Lipinski definition) is 2. The summed E-state index contributed by atoms with van der Waals surface area (Å²) in [5.74, 6) is 0.686. The minimum absolute atomic E-state index is 0.143. The first-order chi connectivity index (χ1) is 14.2. The Morgan fingerprint density at radius 2 is 2.00 bits per heavy atom. The number of carbonyl (C=O) groups is 1. The lowest BCUT2D eigenvalue weighted by Gasteiger charge is -2.11. The van der Waals surface area contributed by atoms with Crippen molar-refractivity contribution in [1.82, 2.24) is 30.0 Å². The lowest BCUT2D eigenvalue weighted by Crippen LogP contribution is -2.27. The first-order valence-corrected chi connectivity index (χ1v) is 9.80. The molecule has 0 aliphatic heterocycles. The Bertz CT molecular complexity index is 1210. The van der Waals surface area contributed by atoms with E-state index < -0.39 is 0 Å². The van der Waals surface area contributed by atoms with Gasteiger partial charge in [0.05, 0.1) is 16.8 Å². The number of para-hydroxylation sites is 1. The summed E-state index contributed by atoms with van der Waals surface area (Å²) in [5, 5.41) is 10.9. The van der Waals surface area contributed by atoms with E-state index in [-0.39, 0.29) is 5.91 Å². The SMILES string of the molecule is CCn1c(CCNC(=O)c2cc(-c3ccncc3)nc3ccccc23)n[nH]c1=S. The second-order valence-electron chi connectivity index (χ2n) is 6.50. The quantitative estimate of drug-likeness (QED) is 0.480. The van der Waals surface area contributed by atoms with Gasteiger partial charge in [-0.15, -0.1) is 0 Å². The Labute approximate surface area is 172 Å². The first-order valence-electron chi connectivity index (χ1n) is 9.40. The summed E-state index contributed by atoms with van der Waals surface area (Å²) in [4.78, 5) is 21.7. The van der Waals surface area contributed by atoms with Gasteiger partial charge in [-0.3, -0.25) is 14.9 Å². The Kier molecular flexibility index (Phi) is 5.44. The Morgan fingerprint density at radius 1 is 1.21 bits per heavy atom. The molecular formula is C21H20N6OS. The van der Waals surface area contributed by atoms with E-state index in [1.807, 2.05) is 54.0 Å². The Morgan fingerprint density at radius 3 is 2.79 bits per heavy atom. The summed E-state index contributed by atoms with van der Waals surface area (Å²) in [6.07, 6.45) is 4.02. The van der Waals surface area contributed by atoms with Gasteiger partial charge in [-0.25, -0.2) is 4.98 Å². The number of rotatable bonds is 6. The second-order valence-corrected chi connectivity index (χ2v) is 6.89. The van der Waals surface area contributed by atoms with E-state index in [0.29, 0.717) is 23.3 Å². The van der Waals surface area contributed by atoms with Gasteiger partial charge in [0, 0.05) is 42.9 Å². The van der Waals surface area contributed by atoms with Gasteiger partial charge in [0.15, 0.2) is 4.77 Å². The first kappa shape index (κ1) is 18.9. The standard InChI is InChI=1S/C21H20N6OS/c1-2-27-19(25-26-21(27)29)9-12-23-20(28)16-13-18(14-7-10-22-11-8-14)24-17-6-4-3-5-15(16)17/h3-8,10-11,13H,2,9,12H2,1H3,(H,23,28)(H,26,29).